The minimum atomic E-state index is -0.782. The fourth-order valence-corrected chi connectivity index (χ4v) is 2.04. The molecule has 0 radical (unpaired) electrons. The van der Waals surface area contributed by atoms with Crippen LogP contribution >= 0.6 is 0 Å². The molecule has 1 heterocycles. The van der Waals surface area contributed by atoms with E-state index in [1.54, 1.807) is 0 Å². The molecule has 4 nitrogen and oxygen atoms in total. The second-order valence-corrected chi connectivity index (χ2v) is 4.85. The molecule has 1 rings (SSSR count). The van der Waals surface area contributed by atoms with Crippen molar-refractivity contribution < 1.29 is 14.7 Å². The van der Waals surface area contributed by atoms with Crippen LogP contribution in [-0.2, 0) is 9.59 Å². The van der Waals surface area contributed by atoms with E-state index in [0.717, 1.165) is 13.1 Å². The predicted molar refractivity (Wildman–Crippen MR) is 61.0 cm³/mol. The number of carboxylic acid groups (broad SMARTS) is 1. The number of unbranched alkanes of at least 4 members (excludes halogenated alkanes) is 1. The van der Waals surface area contributed by atoms with E-state index in [1.165, 1.54) is 0 Å². The van der Waals surface area contributed by atoms with Gasteiger partial charge in [0.1, 0.15) is 0 Å². The van der Waals surface area contributed by atoms with E-state index < -0.39 is 5.97 Å². The van der Waals surface area contributed by atoms with Crippen molar-refractivity contribution in [2.24, 2.45) is 11.8 Å². The molecule has 92 valence electrons. The molecular formula is C12H21NO3. The lowest BCUT2D eigenvalue weighted by Gasteiger charge is -2.15. The molecule has 1 N–H and O–H groups in total. The Labute approximate surface area is 96.6 Å². The Bertz CT molecular complexity index is 255. The molecule has 1 aliphatic heterocycles. The SMILES string of the molecule is CC1CN(C(=O)CCCCC(=O)O)CC1C. The van der Waals surface area contributed by atoms with E-state index >= 15 is 0 Å². The fraction of sp³-hybridized carbons (Fsp3) is 0.833. The van der Waals surface area contributed by atoms with Gasteiger partial charge in [-0.05, 0) is 24.7 Å². The molecule has 1 aliphatic rings. The first-order valence-electron chi connectivity index (χ1n) is 6.00. The van der Waals surface area contributed by atoms with Crippen molar-refractivity contribution in [3.63, 3.8) is 0 Å². The third kappa shape index (κ3) is 3.83. The summed E-state index contributed by atoms with van der Waals surface area (Å²) in [6.45, 7) is 6.06. The van der Waals surface area contributed by atoms with E-state index in [4.69, 9.17) is 5.11 Å². The first kappa shape index (κ1) is 13.0. The molecule has 0 bridgehead atoms. The predicted octanol–water partition coefficient (Wildman–Crippen LogP) is 1.75. The van der Waals surface area contributed by atoms with Crippen molar-refractivity contribution in [2.45, 2.75) is 39.5 Å². The molecule has 2 unspecified atom stereocenters. The summed E-state index contributed by atoms with van der Waals surface area (Å²) in [4.78, 5) is 24.0. The Hall–Kier alpha value is -1.06. The molecule has 0 spiro atoms. The zero-order chi connectivity index (χ0) is 12.1. The average Bonchev–Trinajstić information content (AvgIpc) is 2.54. The lowest BCUT2D eigenvalue weighted by atomic mass is 10.0. The van der Waals surface area contributed by atoms with E-state index in [2.05, 4.69) is 13.8 Å². The van der Waals surface area contributed by atoms with Gasteiger partial charge in [-0.2, -0.15) is 0 Å². The maximum Gasteiger partial charge on any atom is 0.303 e. The molecule has 0 aromatic carbocycles. The van der Waals surface area contributed by atoms with E-state index in [0.29, 0.717) is 31.1 Å². The molecule has 16 heavy (non-hydrogen) atoms. The summed E-state index contributed by atoms with van der Waals surface area (Å²) in [5, 5.41) is 8.46. The molecule has 0 saturated carbocycles. The van der Waals surface area contributed by atoms with Crippen LogP contribution in [0.5, 0.6) is 0 Å². The lowest BCUT2D eigenvalue weighted by molar-refractivity contribution is -0.137. The normalized spacial score (nSPS) is 24.8. The van der Waals surface area contributed by atoms with Gasteiger partial charge < -0.3 is 10.0 Å². The standard InChI is InChI=1S/C12H21NO3/c1-9-7-13(8-10(9)2)11(14)5-3-4-6-12(15)16/h9-10H,3-8H2,1-2H3,(H,15,16). The number of hydrogen-bond donors (Lipinski definition) is 1. The fourth-order valence-electron chi connectivity index (χ4n) is 2.04. The van der Waals surface area contributed by atoms with Crippen LogP contribution < -0.4 is 0 Å². The number of likely N-dealkylation sites (tertiary alicyclic amines) is 1. The third-order valence-corrected chi connectivity index (χ3v) is 3.37. The van der Waals surface area contributed by atoms with E-state index in [-0.39, 0.29) is 12.3 Å². The Morgan fingerprint density at radius 2 is 1.62 bits per heavy atom. The molecule has 1 amide bonds. The summed E-state index contributed by atoms with van der Waals surface area (Å²) in [6.07, 6.45) is 1.94. The topological polar surface area (TPSA) is 57.6 Å². The van der Waals surface area contributed by atoms with Crippen molar-refractivity contribution in [3.8, 4) is 0 Å². The second-order valence-electron chi connectivity index (χ2n) is 4.85. The molecule has 0 aromatic rings. The van der Waals surface area contributed by atoms with Gasteiger partial charge in [0.05, 0.1) is 0 Å². The smallest absolute Gasteiger partial charge is 0.303 e. The van der Waals surface area contributed by atoms with Gasteiger partial charge in [-0.3, -0.25) is 9.59 Å². The van der Waals surface area contributed by atoms with Crippen LogP contribution in [0.1, 0.15) is 39.5 Å². The summed E-state index contributed by atoms with van der Waals surface area (Å²) >= 11 is 0. The van der Waals surface area contributed by atoms with Gasteiger partial charge in [-0.1, -0.05) is 13.8 Å². The number of nitrogens with zero attached hydrogens (tertiary/aromatic N) is 1. The molecule has 4 heteroatoms. The Kier molecular flexibility index (Phi) is 4.77. The van der Waals surface area contributed by atoms with Crippen LogP contribution in [0.15, 0.2) is 0 Å². The summed E-state index contributed by atoms with van der Waals surface area (Å²) in [7, 11) is 0. The quantitative estimate of drug-likeness (QED) is 0.728. The third-order valence-electron chi connectivity index (χ3n) is 3.37. The van der Waals surface area contributed by atoms with Gasteiger partial charge in [-0.15, -0.1) is 0 Å². The second kappa shape index (κ2) is 5.87. The molecule has 2 atom stereocenters. The summed E-state index contributed by atoms with van der Waals surface area (Å²) in [5.74, 6) is 0.573. The van der Waals surface area contributed by atoms with Gasteiger partial charge in [0.25, 0.3) is 0 Å². The van der Waals surface area contributed by atoms with Gasteiger partial charge >= 0.3 is 5.97 Å². The monoisotopic (exact) mass is 227 g/mol. The van der Waals surface area contributed by atoms with Crippen molar-refractivity contribution in [1.29, 1.82) is 0 Å². The van der Waals surface area contributed by atoms with Crippen molar-refractivity contribution >= 4 is 11.9 Å². The van der Waals surface area contributed by atoms with Crippen molar-refractivity contribution in [3.05, 3.63) is 0 Å². The minimum Gasteiger partial charge on any atom is -0.481 e. The van der Waals surface area contributed by atoms with Gasteiger partial charge in [0.15, 0.2) is 0 Å². The largest absolute Gasteiger partial charge is 0.481 e. The van der Waals surface area contributed by atoms with Crippen molar-refractivity contribution in [1.82, 2.24) is 4.90 Å². The average molecular weight is 227 g/mol. The lowest BCUT2D eigenvalue weighted by Crippen LogP contribution is -2.28. The number of rotatable bonds is 5. The van der Waals surface area contributed by atoms with Gasteiger partial charge in [-0.25, -0.2) is 0 Å². The highest BCUT2D eigenvalue weighted by molar-refractivity contribution is 5.76. The highest BCUT2D eigenvalue weighted by Crippen LogP contribution is 2.22. The number of carbonyl (C=O) groups excluding carboxylic acids is 1. The molecular weight excluding hydrogens is 206 g/mol. The van der Waals surface area contributed by atoms with Crippen LogP contribution in [0, 0.1) is 11.8 Å². The molecule has 1 fully saturated rings. The molecule has 0 aromatic heterocycles. The first-order chi connectivity index (χ1) is 7.50. The molecule has 1 saturated heterocycles. The number of aliphatic carboxylic acids is 1. The molecule has 0 aliphatic carbocycles. The Morgan fingerprint density at radius 1 is 1.12 bits per heavy atom. The van der Waals surface area contributed by atoms with Gasteiger partial charge in [0.2, 0.25) is 5.91 Å². The zero-order valence-electron chi connectivity index (χ0n) is 10.1. The number of amides is 1. The summed E-state index contributed by atoms with van der Waals surface area (Å²) in [6, 6.07) is 0. The maximum atomic E-state index is 11.8. The van der Waals surface area contributed by atoms with Crippen LogP contribution in [0.25, 0.3) is 0 Å². The summed E-state index contributed by atoms with van der Waals surface area (Å²) < 4.78 is 0. The number of hydrogen-bond acceptors (Lipinski definition) is 2. The van der Waals surface area contributed by atoms with Crippen LogP contribution in [0.2, 0.25) is 0 Å². The first-order valence-corrected chi connectivity index (χ1v) is 6.00. The van der Waals surface area contributed by atoms with E-state index in [1.807, 2.05) is 4.90 Å². The minimum absolute atomic E-state index is 0.167. The van der Waals surface area contributed by atoms with Crippen LogP contribution in [0.3, 0.4) is 0 Å². The van der Waals surface area contributed by atoms with Crippen molar-refractivity contribution in [2.75, 3.05) is 13.1 Å². The zero-order valence-corrected chi connectivity index (χ0v) is 10.1. The Morgan fingerprint density at radius 3 is 2.12 bits per heavy atom. The highest BCUT2D eigenvalue weighted by atomic mass is 16.4. The number of carboxylic acids is 1. The number of carbonyl (C=O) groups is 2. The van der Waals surface area contributed by atoms with Crippen LogP contribution in [0.4, 0.5) is 0 Å². The van der Waals surface area contributed by atoms with Crippen LogP contribution in [-0.4, -0.2) is 35.0 Å². The maximum absolute atomic E-state index is 11.8. The Balaban J connectivity index is 2.18. The highest BCUT2D eigenvalue weighted by Gasteiger charge is 2.28. The van der Waals surface area contributed by atoms with Gasteiger partial charge in [0, 0.05) is 25.9 Å². The van der Waals surface area contributed by atoms with E-state index in [9.17, 15) is 9.59 Å². The summed E-state index contributed by atoms with van der Waals surface area (Å²) in [5.41, 5.74) is 0.